The first-order valence-electron chi connectivity index (χ1n) is 8.04. The van der Waals surface area contributed by atoms with E-state index in [-0.39, 0.29) is 18.5 Å². The second-order valence-electron chi connectivity index (χ2n) is 5.57. The summed E-state index contributed by atoms with van der Waals surface area (Å²) in [5.41, 5.74) is 1.94. The highest BCUT2D eigenvalue weighted by Crippen LogP contribution is 2.29. The number of methoxy groups -OCH3 is 1. The molecule has 0 heterocycles. The number of nitrogens with one attached hydrogen (secondary N) is 1. The van der Waals surface area contributed by atoms with Gasteiger partial charge in [0.25, 0.3) is 0 Å². The number of hydrogen-bond acceptors (Lipinski definition) is 4. The van der Waals surface area contributed by atoms with E-state index in [0.717, 1.165) is 17.5 Å². The van der Waals surface area contributed by atoms with Gasteiger partial charge in [0.15, 0.2) is 11.5 Å². The molecule has 0 aliphatic heterocycles. The van der Waals surface area contributed by atoms with E-state index < -0.39 is 0 Å². The molecule has 0 aromatic heterocycles. The van der Waals surface area contributed by atoms with Gasteiger partial charge in [-0.25, -0.2) is 4.39 Å². The van der Waals surface area contributed by atoms with Gasteiger partial charge in [0.2, 0.25) is 0 Å². The fraction of sp³-hybridized carbons (Fsp3) is 0.368. The summed E-state index contributed by atoms with van der Waals surface area (Å²) in [6, 6.07) is 12.0. The molecule has 0 aliphatic rings. The Morgan fingerprint density at radius 1 is 1.08 bits per heavy atom. The molecule has 1 unspecified atom stereocenters. The van der Waals surface area contributed by atoms with Crippen LogP contribution in [0.1, 0.15) is 24.5 Å². The third-order valence-electron chi connectivity index (χ3n) is 3.84. The molecule has 5 heteroatoms. The average Bonchev–Trinajstić information content (AvgIpc) is 2.62. The Kier molecular flexibility index (Phi) is 7.03. The fourth-order valence-electron chi connectivity index (χ4n) is 2.28. The smallest absolute Gasteiger partial charge is 0.161 e. The zero-order valence-corrected chi connectivity index (χ0v) is 14.1. The van der Waals surface area contributed by atoms with E-state index >= 15 is 0 Å². The molecular formula is C19H24FNO3. The number of rotatable bonds is 9. The molecule has 2 rings (SSSR count). The monoisotopic (exact) mass is 333 g/mol. The summed E-state index contributed by atoms with van der Waals surface area (Å²) in [7, 11) is 1.60. The Balaban J connectivity index is 1.99. The van der Waals surface area contributed by atoms with Crippen LogP contribution in [0.5, 0.6) is 11.5 Å². The lowest BCUT2D eigenvalue weighted by atomic mass is 10.1. The standard InChI is InChI=1S/C19H24FNO3/c1-3-17(12-22)21-11-15-6-9-18(19(10-15)23-2)24-13-14-4-7-16(20)8-5-14/h4-10,17,21-22H,3,11-13H2,1-2H3. The van der Waals surface area contributed by atoms with Gasteiger partial charge in [-0.05, 0) is 41.8 Å². The van der Waals surface area contributed by atoms with Gasteiger partial charge in [0.05, 0.1) is 13.7 Å². The second kappa shape index (κ2) is 9.25. The van der Waals surface area contributed by atoms with Gasteiger partial charge in [0.1, 0.15) is 12.4 Å². The van der Waals surface area contributed by atoms with E-state index in [4.69, 9.17) is 9.47 Å². The lowest BCUT2D eigenvalue weighted by Gasteiger charge is -2.16. The molecule has 24 heavy (non-hydrogen) atoms. The van der Waals surface area contributed by atoms with Gasteiger partial charge in [-0.15, -0.1) is 0 Å². The maximum Gasteiger partial charge on any atom is 0.161 e. The number of ether oxygens (including phenoxy) is 2. The van der Waals surface area contributed by atoms with E-state index in [2.05, 4.69) is 5.32 Å². The highest BCUT2D eigenvalue weighted by Gasteiger charge is 2.08. The van der Waals surface area contributed by atoms with Crippen LogP contribution in [0, 0.1) is 5.82 Å². The van der Waals surface area contributed by atoms with Gasteiger partial charge < -0.3 is 19.9 Å². The van der Waals surface area contributed by atoms with Crippen molar-refractivity contribution in [3.05, 3.63) is 59.4 Å². The summed E-state index contributed by atoms with van der Waals surface area (Å²) in [4.78, 5) is 0. The topological polar surface area (TPSA) is 50.7 Å². The van der Waals surface area contributed by atoms with Gasteiger partial charge in [-0.1, -0.05) is 25.1 Å². The van der Waals surface area contributed by atoms with Crippen molar-refractivity contribution in [2.45, 2.75) is 32.5 Å². The molecule has 2 aromatic carbocycles. The highest BCUT2D eigenvalue weighted by atomic mass is 19.1. The number of halogens is 1. The van der Waals surface area contributed by atoms with Gasteiger partial charge in [-0.3, -0.25) is 0 Å². The molecule has 0 bridgehead atoms. The van der Waals surface area contributed by atoms with Crippen LogP contribution >= 0.6 is 0 Å². The summed E-state index contributed by atoms with van der Waals surface area (Å²) in [5, 5.41) is 12.5. The van der Waals surface area contributed by atoms with Crippen LogP contribution in [0.4, 0.5) is 4.39 Å². The van der Waals surface area contributed by atoms with E-state index in [1.54, 1.807) is 19.2 Å². The van der Waals surface area contributed by atoms with E-state index in [0.29, 0.717) is 24.7 Å². The summed E-state index contributed by atoms with van der Waals surface area (Å²) >= 11 is 0. The van der Waals surface area contributed by atoms with Crippen molar-refractivity contribution in [3.8, 4) is 11.5 Å². The van der Waals surface area contributed by atoms with Crippen LogP contribution in [0.25, 0.3) is 0 Å². The second-order valence-corrected chi connectivity index (χ2v) is 5.57. The fourth-order valence-corrected chi connectivity index (χ4v) is 2.28. The van der Waals surface area contributed by atoms with Crippen LogP contribution < -0.4 is 14.8 Å². The molecule has 130 valence electrons. The first kappa shape index (κ1) is 18.2. The zero-order chi connectivity index (χ0) is 17.4. The molecular weight excluding hydrogens is 309 g/mol. The van der Waals surface area contributed by atoms with Crippen LogP contribution in [0.2, 0.25) is 0 Å². The number of aliphatic hydroxyl groups excluding tert-OH is 1. The normalized spacial score (nSPS) is 12.0. The van der Waals surface area contributed by atoms with Crippen molar-refractivity contribution in [2.24, 2.45) is 0 Å². The summed E-state index contributed by atoms with van der Waals surface area (Å²) < 4.78 is 24.1. The lowest BCUT2D eigenvalue weighted by molar-refractivity contribution is 0.238. The molecule has 0 saturated carbocycles. The molecule has 0 aliphatic carbocycles. The molecule has 0 spiro atoms. The van der Waals surface area contributed by atoms with Gasteiger partial charge >= 0.3 is 0 Å². The Morgan fingerprint density at radius 2 is 1.79 bits per heavy atom. The van der Waals surface area contributed by atoms with E-state index in [1.165, 1.54) is 12.1 Å². The predicted octanol–water partition coefficient (Wildman–Crippen LogP) is 3.27. The highest BCUT2D eigenvalue weighted by molar-refractivity contribution is 5.43. The maximum absolute atomic E-state index is 12.9. The number of aliphatic hydroxyl groups is 1. The van der Waals surface area contributed by atoms with Crippen LogP contribution in [0.15, 0.2) is 42.5 Å². The van der Waals surface area contributed by atoms with Crippen LogP contribution in [-0.4, -0.2) is 24.9 Å². The third-order valence-corrected chi connectivity index (χ3v) is 3.84. The van der Waals surface area contributed by atoms with Gasteiger partial charge in [0, 0.05) is 12.6 Å². The Morgan fingerprint density at radius 3 is 2.42 bits per heavy atom. The minimum atomic E-state index is -0.263. The van der Waals surface area contributed by atoms with E-state index in [1.807, 2.05) is 25.1 Å². The van der Waals surface area contributed by atoms with Crippen molar-refractivity contribution >= 4 is 0 Å². The maximum atomic E-state index is 12.9. The minimum absolute atomic E-state index is 0.0883. The summed E-state index contributed by atoms with van der Waals surface area (Å²) in [6.45, 7) is 3.14. The van der Waals surface area contributed by atoms with Crippen LogP contribution in [-0.2, 0) is 13.2 Å². The molecule has 4 nitrogen and oxygen atoms in total. The van der Waals surface area contributed by atoms with E-state index in [9.17, 15) is 9.50 Å². The van der Waals surface area contributed by atoms with Crippen LogP contribution in [0.3, 0.4) is 0 Å². The quantitative estimate of drug-likeness (QED) is 0.739. The van der Waals surface area contributed by atoms with Crippen molar-refractivity contribution in [1.82, 2.24) is 5.32 Å². The third kappa shape index (κ3) is 5.22. The largest absolute Gasteiger partial charge is 0.493 e. The number of benzene rings is 2. The predicted molar refractivity (Wildman–Crippen MR) is 91.7 cm³/mol. The molecule has 2 aromatic rings. The SMILES string of the molecule is CCC(CO)NCc1ccc(OCc2ccc(F)cc2)c(OC)c1. The molecule has 1 atom stereocenters. The molecule has 0 fully saturated rings. The average molecular weight is 333 g/mol. The molecule has 0 saturated heterocycles. The summed E-state index contributed by atoms with van der Waals surface area (Å²) in [5.74, 6) is 1.02. The Hall–Kier alpha value is -2.11. The van der Waals surface area contributed by atoms with Gasteiger partial charge in [-0.2, -0.15) is 0 Å². The minimum Gasteiger partial charge on any atom is -0.493 e. The Labute approximate surface area is 142 Å². The molecule has 2 N–H and O–H groups in total. The molecule has 0 radical (unpaired) electrons. The summed E-state index contributed by atoms with van der Waals surface area (Å²) in [6.07, 6.45) is 0.868. The Bertz CT molecular complexity index is 627. The van der Waals surface area contributed by atoms with Crippen molar-refractivity contribution < 1.29 is 19.0 Å². The first-order valence-corrected chi connectivity index (χ1v) is 8.04. The lowest BCUT2D eigenvalue weighted by Crippen LogP contribution is -2.31. The van der Waals surface area contributed by atoms with Crippen molar-refractivity contribution in [3.63, 3.8) is 0 Å². The molecule has 0 amide bonds. The zero-order valence-electron chi connectivity index (χ0n) is 14.1. The van der Waals surface area contributed by atoms with Crippen molar-refractivity contribution in [1.29, 1.82) is 0 Å². The first-order chi connectivity index (χ1) is 11.7. The van der Waals surface area contributed by atoms with Crippen molar-refractivity contribution in [2.75, 3.05) is 13.7 Å². The number of hydrogen-bond donors (Lipinski definition) is 2.